The molecule has 3 N–H and O–H groups in total. The SMILES string of the molecule is CCCCCCCCNCCC[NH+]CCNCCCCCCCC. The van der Waals surface area contributed by atoms with Crippen molar-refractivity contribution in [3.63, 3.8) is 0 Å². The van der Waals surface area contributed by atoms with Crippen molar-refractivity contribution in [2.45, 2.75) is 97.3 Å². The summed E-state index contributed by atoms with van der Waals surface area (Å²) in [5, 5.41) is 10.6. The van der Waals surface area contributed by atoms with E-state index in [-0.39, 0.29) is 0 Å². The van der Waals surface area contributed by atoms with Crippen molar-refractivity contribution in [1.82, 2.24) is 10.6 Å². The number of hydrogen-bond donors (Lipinski definition) is 3. The molecule has 0 aromatic carbocycles. The van der Waals surface area contributed by atoms with Crippen LogP contribution < -0.4 is 16.0 Å². The van der Waals surface area contributed by atoms with Crippen LogP contribution in [-0.2, 0) is 0 Å². The van der Waals surface area contributed by atoms with Crippen molar-refractivity contribution in [2.24, 2.45) is 0 Å². The van der Waals surface area contributed by atoms with E-state index in [0.717, 1.165) is 26.2 Å². The van der Waals surface area contributed by atoms with Crippen LogP contribution in [0.1, 0.15) is 97.3 Å². The molecule has 3 nitrogen and oxygen atoms in total. The molecule has 0 aliphatic rings. The topological polar surface area (TPSA) is 39.7 Å². The van der Waals surface area contributed by atoms with Crippen molar-refractivity contribution in [1.29, 1.82) is 0 Å². The minimum Gasteiger partial charge on any atom is -0.317 e. The van der Waals surface area contributed by atoms with E-state index in [1.54, 1.807) is 0 Å². The van der Waals surface area contributed by atoms with Gasteiger partial charge in [0.2, 0.25) is 0 Å². The summed E-state index contributed by atoms with van der Waals surface area (Å²) in [6.45, 7) is 11.5. The summed E-state index contributed by atoms with van der Waals surface area (Å²) in [5.74, 6) is 0. The van der Waals surface area contributed by atoms with Gasteiger partial charge in [0.1, 0.15) is 13.1 Å². The lowest BCUT2D eigenvalue weighted by molar-refractivity contribution is -0.653. The maximum Gasteiger partial charge on any atom is 0.133 e. The largest absolute Gasteiger partial charge is 0.317 e. The standard InChI is InChI=1S/C21H47N3/c1-3-5-7-9-11-13-16-22-18-15-19-24-21-20-23-17-14-12-10-8-6-4-2/h22-24H,3-21H2,1-2H3/q+1. The highest BCUT2D eigenvalue weighted by atomic mass is 14.9. The molecule has 0 aliphatic carbocycles. The average Bonchev–Trinajstić information content (AvgIpc) is 2.60. The van der Waals surface area contributed by atoms with Gasteiger partial charge in [-0.25, -0.2) is 0 Å². The van der Waals surface area contributed by atoms with Crippen LogP contribution >= 0.6 is 0 Å². The second-order valence-corrected chi connectivity index (χ2v) is 7.14. The molecule has 0 spiro atoms. The minimum atomic E-state index is 1.10. The Morgan fingerprint density at radius 3 is 1.50 bits per heavy atom. The molecule has 0 saturated carbocycles. The normalized spacial score (nSPS) is 11.2. The Kier molecular flexibility index (Phi) is 22.8. The summed E-state index contributed by atoms with van der Waals surface area (Å²) < 4.78 is 0. The first-order valence-corrected chi connectivity index (χ1v) is 11.0. The van der Waals surface area contributed by atoms with Crippen LogP contribution in [0.3, 0.4) is 0 Å². The van der Waals surface area contributed by atoms with E-state index in [4.69, 9.17) is 0 Å². The van der Waals surface area contributed by atoms with Crippen molar-refractivity contribution in [2.75, 3.05) is 39.3 Å². The Morgan fingerprint density at radius 2 is 0.917 bits per heavy atom. The summed E-state index contributed by atoms with van der Waals surface area (Å²) in [7, 11) is 0. The summed E-state index contributed by atoms with van der Waals surface area (Å²) in [4.78, 5) is 0. The molecule has 0 rings (SSSR count). The summed E-state index contributed by atoms with van der Waals surface area (Å²) >= 11 is 0. The molecule has 0 saturated heterocycles. The van der Waals surface area contributed by atoms with Crippen molar-refractivity contribution in [3.8, 4) is 0 Å². The van der Waals surface area contributed by atoms with E-state index in [0.29, 0.717) is 0 Å². The monoisotopic (exact) mass is 341 g/mol. The van der Waals surface area contributed by atoms with Crippen LogP contribution in [-0.4, -0.2) is 39.3 Å². The third kappa shape index (κ3) is 21.9. The zero-order valence-corrected chi connectivity index (χ0v) is 16.9. The van der Waals surface area contributed by atoms with Gasteiger partial charge in [-0.05, 0) is 25.9 Å². The van der Waals surface area contributed by atoms with Gasteiger partial charge in [-0.15, -0.1) is 0 Å². The third-order valence-corrected chi connectivity index (χ3v) is 4.60. The average molecular weight is 342 g/mol. The van der Waals surface area contributed by atoms with Crippen molar-refractivity contribution < 1.29 is 5.32 Å². The molecule has 0 unspecified atom stereocenters. The van der Waals surface area contributed by atoms with Gasteiger partial charge in [-0.1, -0.05) is 78.1 Å². The van der Waals surface area contributed by atoms with Gasteiger partial charge < -0.3 is 10.6 Å². The molecule has 24 heavy (non-hydrogen) atoms. The molecule has 1 radical (unpaired) electrons. The molecule has 0 aromatic rings. The van der Waals surface area contributed by atoms with E-state index in [9.17, 15) is 0 Å². The maximum atomic E-state index is 3.56. The Bertz CT molecular complexity index is 187. The van der Waals surface area contributed by atoms with Crippen LogP contribution in [0.4, 0.5) is 0 Å². The first-order valence-electron chi connectivity index (χ1n) is 11.0. The second-order valence-electron chi connectivity index (χ2n) is 7.14. The van der Waals surface area contributed by atoms with Gasteiger partial charge >= 0.3 is 0 Å². The summed E-state index contributed by atoms with van der Waals surface area (Å²) in [6.07, 6.45) is 17.9. The zero-order valence-electron chi connectivity index (χ0n) is 16.9. The minimum absolute atomic E-state index is 1.10. The highest BCUT2D eigenvalue weighted by Gasteiger charge is 1.97. The molecule has 0 aliphatic heterocycles. The smallest absolute Gasteiger partial charge is 0.133 e. The molecule has 0 amide bonds. The Balaban J connectivity index is 2.93. The summed E-state index contributed by atoms with van der Waals surface area (Å²) in [6, 6.07) is 0. The highest BCUT2D eigenvalue weighted by molar-refractivity contribution is 4.50. The van der Waals surface area contributed by atoms with E-state index in [1.165, 1.54) is 96.6 Å². The number of rotatable bonds is 21. The first kappa shape index (κ1) is 23.9. The van der Waals surface area contributed by atoms with E-state index >= 15 is 0 Å². The van der Waals surface area contributed by atoms with Gasteiger partial charge in [-0.2, -0.15) is 5.32 Å². The molecule has 3 heteroatoms. The molecule has 0 atom stereocenters. The van der Waals surface area contributed by atoms with Crippen LogP contribution in [0.15, 0.2) is 0 Å². The van der Waals surface area contributed by atoms with Crippen LogP contribution in [0.5, 0.6) is 0 Å². The molecule has 0 heterocycles. The lowest BCUT2D eigenvalue weighted by atomic mass is 10.1. The van der Waals surface area contributed by atoms with E-state index in [1.807, 2.05) is 0 Å². The second kappa shape index (κ2) is 22.9. The van der Waals surface area contributed by atoms with Gasteiger partial charge in [0.25, 0.3) is 0 Å². The van der Waals surface area contributed by atoms with Gasteiger partial charge in [-0.3, -0.25) is 0 Å². The predicted molar refractivity (Wildman–Crippen MR) is 108 cm³/mol. The molecular formula is C21H47N3+. The van der Waals surface area contributed by atoms with Crippen molar-refractivity contribution in [3.05, 3.63) is 0 Å². The Morgan fingerprint density at radius 1 is 0.458 bits per heavy atom. The van der Waals surface area contributed by atoms with E-state index in [2.05, 4.69) is 29.8 Å². The van der Waals surface area contributed by atoms with Crippen LogP contribution in [0.25, 0.3) is 0 Å². The predicted octanol–water partition coefficient (Wildman–Crippen LogP) is 3.63. The van der Waals surface area contributed by atoms with Crippen LogP contribution in [0, 0.1) is 0 Å². The molecule has 0 fully saturated rings. The quantitative estimate of drug-likeness (QED) is 0.279. The maximum absolute atomic E-state index is 3.56. The Hall–Kier alpha value is -0.120. The van der Waals surface area contributed by atoms with Gasteiger partial charge in [0.15, 0.2) is 0 Å². The Labute approximate surface area is 153 Å². The molecular weight excluding hydrogens is 294 g/mol. The molecule has 145 valence electrons. The lowest BCUT2D eigenvalue weighted by Gasteiger charge is -2.04. The van der Waals surface area contributed by atoms with Crippen LogP contribution in [0.2, 0.25) is 0 Å². The first-order chi connectivity index (χ1) is 11.9. The fraction of sp³-hybridized carbons (Fsp3) is 1.00. The highest BCUT2D eigenvalue weighted by Crippen LogP contribution is 2.04. The number of unbranched alkanes of at least 4 members (excludes halogenated alkanes) is 10. The van der Waals surface area contributed by atoms with Gasteiger partial charge in [0.05, 0.1) is 0 Å². The number of nitrogens with one attached hydrogen (secondary N) is 3. The molecule has 0 aromatic heterocycles. The fourth-order valence-corrected chi connectivity index (χ4v) is 2.95. The van der Waals surface area contributed by atoms with Crippen molar-refractivity contribution >= 4 is 0 Å². The zero-order chi connectivity index (χ0) is 17.6. The molecule has 0 bridgehead atoms. The fourth-order valence-electron chi connectivity index (χ4n) is 2.95. The van der Waals surface area contributed by atoms with E-state index < -0.39 is 0 Å². The van der Waals surface area contributed by atoms with Gasteiger partial charge in [0, 0.05) is 19.5 Å². The lowest BCUT2D eigenvalue weighted by Crippen LogP contribution is -2.85. The summed E-state index contributed by atoms with van der Waals surface area (Å²) in [5.41, 5.74) is 0. The number of hydrogen-bond acceptors (Lipinski definition) is 3. The third-order valence-electron chi connectivity index (χ3n) is 4.60.